The molecule has 0 fully saturated rings. The van der Waals surface area contributed by atoms with Crippen molar-refractivity contribution in [2.45, 2.75) is 31.2 Å². The van der Waals surface area contributed by atoms with Gasteiger partial charge in [0.2, 0.25) is 10.0 Å². The Kier molecular flexibility index (Phi) is 6.27. The van der Waals surface area contributed by atoms with Crippen molar-refractivity contribution in [1.82, 2.24) is 14.5 Å². The number of halogens is 1. The fourth-order valence-electron chi connectivity index (χ4n) is 2.22. The maximum Gasteiger partial charge on any atom is 0.256 e. The summed E-state index contributed by atoms with van der Waals surface area (Å²) in [5.41, 5.74) is 0.0160. The van der Waals surface area contributed by atoms with Crippen LogP contribution in [0.3, 0.4) is 0 Å². The zero-order valence-corrected chi connectivity index (χ0v) is 15.4. The van der Waals surface area contributed by atoms with Crippen molar-refractivity contribution in [3.8, 4) is 0 Å². The Morgan fingerprint density at radius 2 is 2.15 bits per heavy atom. The number of nitrogens with zero attached hydrogens (tertiary/aromatic N) is 2. The molecule has 2 rings (SSSR count). The van der Waals surface area contributed by atoms with E-state index in [9.17, 15) is 17.6 Å². The van der Waals surface area contributed by atoms with Crippen molar-refractivity contribution in [3.63, 3.8) is 0 Å². The van der Waals surface area contributed by atoms with Gasteiger partial charge in [0.25, 0.3) is 5.91 Å². The molecule has 26 heavy (non-hydrogen) atoms. The van der Waals surface area contributed by atoms with Gasteiger partial charge in [-0.05, 0) is 31.5 Å². The van der Waals surface area contributed by atoms with Crippen LogP contribution < -0.4 is 10.0 Å². The van der Waals surface area contributed by atoms with E-state index in [1.54, 1.807) is 16.9 Å². The van der Waals surface area contributed by atoms with E-state index in [2.05, 4.69) is 21.7 Å². The molecule has 140 valence electrons. The van der Waals surface area contributed by atoms with Crippen molar-refractivity contribution in [2.24, 2.45) is 0 Å². The third kappa shape index (κ3) is 4.36. The van der Waals surface area contributed by atoms with E-state index in [4.69, 9.17) is 0 Å². The molecule has 1 amide bonds. The van der Waals surface area contributed by atoms with Gasteiger partial charge in [0, 0.05) is 18.2 Å². The number of benzene rings is 1. The largest absolute Gasteiger partial charge is 0.307 e. The molecule has 1 heterocycles. The molecule has 0 radical (unpaired) electrons. The Hall–Kier alpha value is -2.52. The van der Waals surface area contributed by atoms with Gasteiger partial charge in [0.1, 0.15) is 16.5 Å². The summed E-state index contributed by atoms with van der Waals surface area (Å²) in [6.45, 7) is 7.30. The molecule has 2 aromatic rings. The molecule has 0 aliphatic heterocycles. The molecule has 9 heteroatoms. The number of aromatic nitrogens is 2. The van der Waals surface area contributed by atoms with Crippen LogP contribution in [-0.2, 0) is 10.0 Å². The lowest BCUT2D eigenvalue weighted by molar-refractivity contribution is 0.102. The molecule has 1 atom stereocenters. The minimum atomic E-state index is -4.09. The predicted octanol–water partition coefficient (Wildman–Crippen LogP) is 2.71. The molecule has 2 N–H and O–H groups in total. The van der Waals surface area contributed by atoms with Gasteiger partial charge in [-0.15, -0.1) is 6.58 Å². The average molecular weight is 380 g/mol. The minimum Gasteiger partial charge on any atom is -0.307 e. The molecule has 0 spiro atoms. The molecule has 0 saturated heterocycles. The molecule has 1 aromatic heterocycles. The van der Waals surface area contributed by atoms with E-state index in [1.807, 2.05) is 13.8 Å². The molecule has 0 bridgehead atoms. The van der Waals surface area contributed by atoms with Crippen LogP contribution in [-0.4, -0.2) is 30.7 Å². The zero-order chi connectivity index (χ0) is 19.3. The number of sulfonamides is 1. The summed E-state index contributed by atoms with van der Waals surface area (Å²) >= 11 is 0. The van der Waals surface area contributed by atoms with Crippen LogP contribution in [0.5, 0.6) is 0 Å². The molecule has 7 nitrogen and oxygen atoms in total. The maximum absolute atomic E-state index is 14.0. The van der Waals surface area contributed by atoms with Crippen LogP contribution in [0.1, 0.15) is 36.7 Å². The van der Waals surface area contributed by atoms with E-state index in [0.717, 1.165) is 18.6 Å². The Labute approximate surface area is 152 Å². The summed E-state index contributed by atoms with van der Waals surface area (Å²) in [7, 11) is -4.09. The first-order chi connectivity index (χ1) is 12.3. The number of anilines is 1. The van der Waals surface area contributed by atoms with Crippen LogP contribution in [0.4, 0.5) is 10.2 Å². The van der Waals surface area contributed by atoms with E-state index in [0.29, 0.717) is 5.82 Å². The normalized spacial score (nSPS) is 12.6. The lowest BCUT2D eigenvalue weighted by Gasteiger charge is -2.14. The first-order valence-corrected chi connectivity index (χ1v) is 9.53. The average Bonchev–Trinajstić information content (AvgIpc) is 3.07. The second-order valence-electron chi connectivity index (χ2n) is 5.66. The number of amides is 1. The van der Waals surface area contributed by atoms with Gasteiger partial charge in [-0.2, -0.15) is 5.10 Å². The first-order valence-electron chi connectivity index (χ1n) is 8.05. The number of carbonyl (C=O) groups excluding carboxylic acids is 1. The Balaban J connectivity index is 2.30. The van der Waals surface area contributed by atoms with Crippen molar-refractivity contribution >= 4 is 21.7 Å². The smallest absolute Gasteiger partial charge is 0.256 e. The summed E-state index contributed by atoms with van der Waals surface area (Å²) in [5.74, 6) is -1.03. The Morgan fingerprint density at radius 3 is 2.81 bits per heavy atom. The SMILES string of the molecule is C=CCNS(=O)(=O)c1cc(C(=O)Nc2ccnn2C(C)CC)ccc1F. The van der Waals surface area contributed by atoms with Crippen molar-refractivity contribution < 1.29 is 17.6 Å². The molecule has 0 saturated carbocycles. The fraction of sp³-hybridized carbons (Fsp3) is 0.294. The highest BCUT2D eigenvalue weighted by Gasteiger charge is 2.21. The monoisotopic (exact) mass is 380 g/mol. The minimum absolute atomic E-state index is 0.0160. The quantitative estimate of drug-likeness (QED) is 0.689. The summed E-state index contributed by atoms with van der Waals surface area (Å²) < 4.78 is 42.1. The third-order valence-corrected chi connectivity index (χ3v) is 5.26. The molecular weight excluding hydrogens is 359 g/mol. The zero-order valence-electron chi connectivity index (χ0n) is 14.6. The maximum atomic E-state index is 14.0. The van der Waals surface area contributed by atoms with Crippen molar-refractivity contribution in [3.05, 3.63) is 54.5 Å². The lowest BCUT2D eigenvalue weighted by Crippen LogP contribution is -2.25. The highest BCUT2D eigenvalue weighted by molar-refractivity contribution is 7.89. The van der Waals surface area contributed by atoms with Crippen LogP contribution in [0.25, 0.3) is 0 Å². The van der Waals surface area contributed by atoms with Gasteiger partial charge in [-0.3, -0.25) is 4.79 Å². The third-order valence-electron chi connectivity index (χ3n) is 3.82. The number of carbonyl (C=O) groups is 1. The van der Waals surface area contributed by atoms with Crippen LogP contribution in [0.2, 0.25) is 0 Å². The first kappa shape index (κ1) is 19.8. The van der Waals surface area contributed by atoms with E-state index < -0.39 is 26.6 Å². The van der Waals surface area contributed by atoms with Crippen LogP contribution >= 0.6 is 0 Å². The van der Waals surface area contributed by atoms with Crippen molar-refractivity contribution in [2.75, 3.05) is 11.9 Å². The van der Waals surface area contributed by atoms with Crippen LogP contribution in [0.15, 0.2) is 48.0 Å². The van der Waals surface area contributed by atoms with E-state index in [-0.39, 0.29) is 18.2 Å². The van der Waals surface area contributed by atoms with E-state index >= 15 is 0 Å². The van der Waals surface area contributed by atoms with E-state index in [1.165, 1.54) is 12.1 Å². The second-order valence-corrected chi connectivity index (χ2v) is 7.39. The van der Waals surface area contributed by atoms with Gasteiger partial charge < -0.3 is 5.32 Å². The van der Waals surface area contributed by atoms with Gasteiger partial charge >= 0.3 is 0 Å². The van der Waals surface area contributed by atoms with Gasteiger partial charge in [0.15, 0.2) is 0 Å². The Morgan fingerprint density at radius 1 is 1.42 bits per heavy atom. The predicted molar refractivity (Wildman–Crippen MR) is 97.0 cm³/mol. The Bertz CT molecular complexity index is 908. The fourth-order valence-corrected chi connectivity index (χ4v) is 3.32. The number of hydrogen-bond donors (Lipinski definition) is 2. The molecule has 1 aromatic carbocycles. The van der Waals surface area contributed by atoms with Gasteiger partial charge in [-0.25, -0.2) is 22.2 Å². The second kappa shape index (κ2) is 8.24. The van der Waals surface area contributed by atoms with Crippen LogP contribution in [0, 0.1) is 5.82 Å². The standard InChI is InChI=1S/C17H21FN4O3S/c1-4-9-20-26(24,25)15-11-13(6-7-14(15)18)17(23)21-16-8-10-19-22(16)12(3)5-2/h4,6-8,10-12,20H,1,5,9H2,2-3H3,(H,21,23). The van der Waals surface area contributed by atoms with Crippen molar-refractivity contribution in [1.29, 1.82) is 0 Å². The number of hydrogen-bond acceptors (Lipinski definition) is 4. The van der Waals surface area contributed by atoms with Gasteiger partial charge in [-0.1, -0.05) is 13.0 Å². The summed E-state index contributed by atoms with van der Waals surface area (Å²) in [6.07, 6.45) is 3.71. The lowest BCUT2D eigenvalue weighted by atomic mass is 10.2. The molecular formula is C17H21FN4O3S. The highest BCUT2D eigenvalue weighted by Crippen LogP contribution is 2.20. The van der Waals surface area contributed by atoms with Gasteiger partial charge in [0.05, 0.1) is 12.2 Å². The summed E-state index contributed by atoms with van der Waals surface area (Å²) in [6, 6.07) is 4.88. The molecule has 0 aliphatic rings. The molecule has 1 unspecified atom stereocenters. The highest BCUT2D eigenvalue weighted by atomic mass is 32.2. The number of nitrogens with one attached hydrogen (secondary N) is 2. The summed E-state index contributed by atoms with van der Waals surface area (Å²) in [5, 5.41) is 6.84. The topological polar surface area (TPSA) is 93.1 Å². The number of rotatable bonds is 8. The summed E-state index contributed by atoms with van der Waals surface area (Å²) in [4.78, 5) is 11.9. The molecule has 0 aliphatic carbocycles.